The third-order valence-electron chi connectivity index (χ3n) is 3.50. The van der Waals surface area contributed by atoms with Gasteiger partial charge in [0.15, 0.2) is 0 Å². The van der Waals surface area contributed by atoms with Crippen molar-refractivity contribution in [2.24, 2.45) is 5.92 Å². The summed E-state index contributed by atoms with van der Waals surface area (Å²) in [5, 5.41) is 0. The van der Waals surface area contributed by atoms with Gasteiger partial charge < -0.3 is 4.74 Å². The number of hydrogen-bond acceptors (Lipinski definition) is 4. The molecule has 0 atom stereocenters. The van der Waals surface area contributed by atoms with Crippen molar-refractivity contribution in [3.05, 3.63) is 0 Å². The predicted molar refractivity (Wildman–Crippen MR) is 70.3 cm³/mol. The predicted octanol–water partition coefficient (Wildman–Crippen LogP) is 2.02. The van der Waals surface area contributed by atoms with Gasteiger partial charge in [-0.2, -0.15) is 0 Å². The van der Waals surface area contributed by atoms with E-state index in [1.165, 1.54) is 19.3 Å². The molecule has 0 aromatic carbocycles. The summed E-state index contributed by atoms with van der Waals surface area (Å²) in [4.78, 5) is 25.1. The molecule has 0 spiro atoms. The molecule has 0 saturated heterocycles. The molecular weight excluding hydrogens is 230 g/mol. The molecule has 18 heavy (non-hydrogen) atoms. The Hall–Kier alpha value is -0.900. The molecule has 0 amide bonds. The fourth-order valence-electron chi connectivity index (χ4n) is 2.15. The first-order chi connectivity index (χ1) is 8.65. The molecule has 1 rings (SSSR count). The zero-order valence-corrected chi connectivity index (χ0v) is 11.6. The van der Waals surface area contributed by atoms with Crippen LogP contribution in [-0.4, -0.2) is 42.9 Å². The Balaban J connectivity index is 2.17. The number of carbonyl (C=O) groups is 2. The average Bonchev–Trinajstić information content (AvgIpc) is 2.30. The topological polar surface area (TPSA) is 46.6 Å². The minimum absolute atomic E-state index is 0.143. The molecule has 0 aromatic rings. The molecule has 1 aliphatic rings. The van der Waals surface area contributed by atoms with Gasteiger partial charge in [0.1, 0.15) is 5.78 Å². The van der Waals surface area contributed by atoms with Crippen molar-refractivity contribution in [1.29, 1.82) is 0 Å². The smallest absolute Gasteiger partial charge is 0.306 e. The number of rotatable bonds is 9. The van der Waals surface area contributed by atoms with E-state index in [0.717, 1.165) is 19.0 Å². The van der Waals surface area contributed by atoms with Crippen molar-refractivity contribution in [1.82, 2.24) is 4.90 Å². The fourth-order valence-corrected chi connectivity index (χ4v) is 2.15. The molecule has 0 heterocycles. The lowest BCUT2D eigenvalue weighted by Crippen LogP contribution is -2.36. The molecular formula is C14H25NO3. The largest absolute Gasteiger partial charge is 0.466 e. The van der Waals surface area contributed by atoms with E-state index in [0.29, 0.717) is 19.6 Å². The van der Waals surface area contributed by atoms with Crippen LogP contribution < -0.4 is 0 Å². The average molecular weight is 255 g/mol. The van der Waals surface area contributed by atoms with Gasteiger partial charge in [0, 0.05) is 13.0 Å². The third-order valence-corrected chi connectivity index (χ3v) is 3.50. The maximum absolute atomic E-state index is 11.8. The van der Waals surface area contributed by atoms with Crippen molar-refractivity contribution in [2.75, 3.05) is 26.2 Å². The molecule has 0 bridgehead atoms. The lowest BCUT2D eigenvalue weighted by molar-refractivity contribution is -0.144. The van der Waals surface area contributed by atoms with E-state index in [4.69, 9.17) is 4.74 Å². The summed E-state index contributed by atoms with van der Waals surface area (Å²) >= 11 is 0. The van der Waals surface area contributed by atoms with E-state index in [-0.39, 0.29) is 18.2 Å². The van der Waals surface area contributed by atoms with Gasteiger partial charge in [-0.1, -0.05) is 13.3 Å². The molecule has 4 nitrogen and oxygen atoms in total. The van der Waals surface area contributed by atoms with Crippen molar-refractivity contribution in [3.63, 3.8) is 0 Å². The van der Waals surface area contributed by atoms with Crippen LogP contribution in [0.2, 0.25) is 0 Å². The number of hydrogen-bond donors (Lipinski definition) is 0. The lowest BCUT2D eigenvalue weighted by atomic mass is 9.85. The van der Waals surface area contributed by atoms with E-state index in [9.17, 15) is 9.59 Å². The lowest BCUT2D eigenvalue weighted by Gasteiger charge is -2.31. The van der Waals surface area contributed by atoms with E-state index >= 15 is 0 Å². The maximum Gasteiger partial charge on any atom is 0.306 e. The molecule has 1 aliphatic carbocycles. The number of Topliss-reactive ketones (excluding diaryl/α,β-unsaturated/α-hetero) is 1. The van der Waals surface area contributed by atoms with Gasteiger partial charge >= 0.3 is 5.97 Å². The second-order valence-electron chi connectivity index (χ2n) is 4.97. The molecule has 0 unspecified atom stereocenters. The molecule has 1 fully saturated rings. The highest BCUT2D eigenvalue weighted by Crippen LogP contribution is 2.26. The zero-order chi connectivity index (χ0) is 13.4. The third kappa shape index (κ3) is 5.63. The number of nitrogens with zero attached hydrogens (tertiary/aromatic N) is 1. The van der Waals surface area contributed by atoms with E-state index < -0.39 is 0 Å². The standard InChI is InChI=1S/C14H25NO3/c1-3-15(10-12-6-5-7-12)11-13(16)8-9-14(17)18-4-2/h12H,3-11H2,1-2H3. The van der Waals surface area contributed by atoms with Gasteiger partial charge in [-0.3, -0.25) is 14.5 Å². The van der Waals surface area contributed by atoms with Crippen LogP contribution in [0.25, 0.3) is 0 Å². The Kier molecular flexibility index (Phi) is 6.94. The van der Waals surface area contributed by atoms with Crippen LogP contribution in [0, 0.1) is 5.92 Å². The summed E-state index contributed by atoms with van der Waals surface area (Å²) in [5.74, 6) is 0.653. The fraction of sp³-hybridized carbons (Fsp3) is 0.857. The Morgan fingerprint density at radius 3 is 2.44 bits per heavy atom. The van der Waals surface area contributed by atoms with Gasteiger partial charge in [-0.05, 0) is 32.2 Å². The zero-order valence-electron chi connectivity index (χ0n) is 11.6. The quantitative estimate of drug-likeness (QED) is 0.591. The van der Waals surface area contributed by atoms with Crippen LogP contribution in [0.1, 0.15) is 46.0 Å². The summed E-state index contributed by atoms with van der Waals surface area (Å²) in [6.45, 7) is 6.65. The number of esters is 1. The van der Waals surface area contributed by atoms with Gasteiger partial charge in [0.25, 0.3) is 0 Å². The monoisotopic (exact) mass is 255 g/mol. The van der Waals surface area contributed by atoms with Crippen molar-refractivity contribution in [2.45, 2.75) is 46.0 Å². The van der Waals surface area contributed by atoms with Crippen LogP contribution >= 0.6 is 0 Å². The van der Waals surface area contributed by atoms with Crippen molar-refractivity contribution in [3.8, 4) is 0 Å². The Labute approximate surface area is 110 Å². The highest BCUT2D eigenvalue weighted by atomic mass is 16.5. The summed E-state index contributed by atoms with van der Waals surface area (Å²) in [6, 6.07) is 0. The molecule has 104 valence electrons. The second kappa shape index (κ2) is 8.25. The van der Waals surface area contributed by atoms with Gasteiger partial charge in [-0.25, -0.2) is 0 Å². The molecule has 4 heteroatoms. The first-order valence-corrected chi connectivity index (χ1v) is 7.05. The maximum atomic E-state index is 11.8. The van der Waals surface area contributed by atoms with Crippen LogP contribution in [0.15, 0.2) is 0 Å². The minimum atomic E-state index is -0.270. The molecule has 0 N–H and O–H groups in total. The minimum Gasteiger partial charge on any atom is -0.466 e. The van der Waals surface area contributed by atoms with Crippen LogP contribution in [0.4, 0.5) is 0 Å². The second-order valence-corrected chi connectivity index (χ2v) is 4.97. The molecule has 1 saturated carbocycles. The summed E-state index contributed by atoms with van der Waals surface area (Å²) in [7, 11) is 0. The SMILES string of the molecule is CCOC(=O)CCC(=O)CN(CC)CC1CCC1. The Morgan fingerprint density at radius 1 is 1.22 bits per heavy atom. The number of carbonyl (C=O) groups excluding carboxylic acids is 2. The van der Waals surface area contributed by atoms with Crippen LogP contribution in [0.5, 0.6) is 0 Å². The van der Waals surface area contributed by atoms with Gasteiger partial charge in [0.05, 0.1) is 19.6 Å². The summed E-state index contributed by atoms with van der Waals surface area (Å²) < 4.78 is 4.81. The first-order valence-electron chi connectivity index (χ1n) is 7.05. The van der Waals surface area contributed by atoms with Crippen LogP contribution in [0.3, 0.4) is 0 Å². The van der Waals surface area contributed by atoms with E-state index in [2.05, 4.69) is 11.8 Å². The Morgan fingerprint density at radius 2 is 1.94 bits per heavy atom. The number of likely N-dealkylation sites (N-methyl/N-ethyl adjacent to an activating group) is 1. The highest BCUT2D eigenvalue weighted by molar-refractivity contribution is 5.84. The van der Waals surface area contributed by atoms with E-state index in [1.807, 2.05) is 0 Å². The Bertz CT molecular complexity index is 274. The van der Waals surface area contributed by atoms with Crippen LogP contribution in [-0.2, 0) is 14.3 Å². The summed E-state index contributed by atoms with van der Waals surface area (Å²) in [6.07, 6.45) is 4.45. The number of ketones is 1. The summed E-state index contributed by atoms with van der Waals surface area (Å²) in [5.41, 5.74) is 0. The molecule has 0 radical (unpaired) electrons. The van der Waals surface area contributed by atoms with Gasteiger partial charge in [0.2, 0.25) is 0 Å². The number of ether oxygens (including phenoxy) is 1. The molecule has 0 aliphatic heterocycles. The normalized spacial score (nSPS) is 15.5. The van der Waals surface area contributed by atoms with Gasteiger partial charge in [-0.15, -0.1) is 0 Å². The first kappa shape index (κ1) is 15.2. The van der Waals surface area contributed by atoms with Crippen molar-refractivity contribution < 1.29 is 14.3 Å². The van der Waals surface area contributed by atoms with E-state index in [1.54, 1.807) is 6.92 Å². The van der Waals surface area contributed by atoms with Crippen molar-refractivity contribution >= 4 is 11.8 Å². The highest BCUT2D eigenvalue weighted by Gasteiger charge is 2.21. The molecule has 0 aromatic heterocycles.